The van der Waals surface area contributed by atoms with Crippen LogP contribution in [-0.4, -0.2) is 45.7 Å². The number of rotatable bonds is 5. The Bertz CT molecular complexity index is 548. The molecular weight excluding hydrogens is 264 g/mol. The highest BCUT2D eigenvalue weighted by Gasteiger charge is 2.17. The highest BCUT2D eigenvalue weighted by atomic mass is 16.5. The molecule has 2 aromatic rings. The second-order valence-electron chi connectivity index (χ2n) is 5.60. The molecule has 0 bridgehead atoms. The first-order chi connectivity index (χ1) is 10.3. The topological polar surface area (TPSA) is 43.2 Å². The molecule has 1 aliphatic heterocycles. The lowest BCUT2D eigenvalue weighted by molar-refractivity contribution is -0.00280. The first kappa shape index (κ1) is 14.2. The first-order valence-corrected chi connectivity index (χ1v) is 7.57. The standard InChI is InChI=1S/C16H22N4O/c1-19(13-15-7-2-3-11-21-15)12-14-6-4-10-20(14)16-17-8-5-9-18-16/h4-6,8-10,15H,2-3,7,11-13H2,1H3/t15-/m0/s1. The molecule has 3 rings (SSSR count). The molecule has 1 fully saturated rings. The molecule has 3 heterocycles. The van der Waals surface area contributed by atoms with Gasteiger partial charge in [0.05, 0.1) is 6.10 Å². The lowest BCUT2D eigenvalue weighted by Crippen LogP contribution is -2.33. The molecule has 0 N–H and O–H groups in total. The number of ether oxygens (including phenoxy) is 1. The molecule has 0 unspecified atom stereocenters. The summed E-state index contributed by atoms with van der Waals surface area (Å²) in [6.45, 7) is 2.75. The van der Waals surface area contributed by atoms with Gasteiger partial charge in [0.15, 0.2) is 0 Å². The molecule has 1 saturated heterocycles. The van der Waals surface area contributed by atoms with Crippen molar-refractivity contribution in [1.82, 2.24) is 19.4 Å². The van der Waals surface area contributed by atoms with Gasteiger partial charge in [-0.15, -0.1) is 0 Å². The molecule has 0 aromatic carbocycles. The van der Waals surface area contributed by atoms with Gasteiger partial charge in [-0.3, -0.25) is 9.47 Å². The van der Waals surface area contributed by atoms with Crippen molar-refractivity contribution in [3.05, 3.63) is 42.5 Å². The summed E-state index contributed by atoms with van der Waals surface area (Å²) in [5, 5.41) is 0. The van der Waals surface area contributed by atoms with E-state index in [1.807, 2.05) is 22.9 Å². The Morgan fingerprint density at radius 1 is 1.29 bits per heavy atom. The van der Waals surface area contributed by atoms with Crippen LogP contribution in [0.5, 0.6) is 0 Å². The normalized spacial score (nSPS) is 19.0. The summed E-state index contributed by atoms with van der Waals surface area (Å²) < 4.78 is 7.85. The Morgan fingerprint density at radius 2 is 2.14 bits per heavy atom. The Labute approximate surface area is 125 Å². The Morgan fingerprint density at radius 3 is 2.90 bits per heavy atom. The van der Waals surface area contributed by atoms with Crippen molar-refractivity contribution in [3.63, 3.8) is 0 Å². The molecule has 2 aromatic heterocycles. The van der Waals surface area contributed by atoms with E-state index in [4.69, 9.17) is 4.74 Å². The van der Waals surface area contributed by atoms with Crippen molar-refractivity contribution in [2.24, 2.45) is 0 Å². The fourth-order valence-corrected chi connectivity index (χ4v) is 2.80. The molecule has 0 saturated carbocycles. The maximum Gasteiger partial charge on any atom is 0.233 e. The fraction of sp³-hybridized carbons (Fsp3) is 0.500. The van der Waals surface area contributed by atoms with E-state index in [1.54, 1.807) is 12.4 Å². The highest BCUT2D eigenvalue weighted by molar-refractivity contribution is 5.20. The van der Waals surface area contributed by atoms with Gasteiger partial charge >= 0.3 is 0 Å². The molecular formula is C16H22N4O. The minimum absolute atomic E-state index is 0.375. The number of likely N-dealkylation sites (N-methyl/N-ethyl adjacent to an activating group) is 1. The maximum absolute atomic E-state index is 5.81. The van der Waals surface area contributed by atoms with Crippen molar-refractivity contribution in [1.29, 1.82) is 0 Å². The number of hydrogen-bond acceptors (Lipinski definition) is 4. The van der Waals surface area contributed by atoms with E-state index < -0.39 is 0 Å². The second kappa shape index (κ2) is 6.83. The summed E-state index contributed by atoms with van der Waals surface area (Å²) in [4.78, 5) is 10.9. The van der Waals surface area contributed by atoms with Crippen molar-refractivity contribution >= 4 is 0 Å². The molecule has 5 heteroatoms. The molecule has 21 heavy (non-hydrogen) atoms. The van der Waals surface area contributed by atoms with Crippen molar-refractivity contribution in [2.45, 2.75) is 31.9 Å². The van der Waals surface area contributed by atoms with Crippen molar-refractivity contribution in [3.8, 4) is 5.95 Å². The second-order valence-corrected chi connectivity index (χ2v) is 5.60. The van der Waals surface area contributed by atoms with Gasteiger partial charge < -0.3 is 4.74 Å². The zero-order valence-electron chi connectivity index (χ0n) is 12.5. The highest BCUT2D eigenvalue weighted by Crippen LogP contribution is 2.15. The Hall–Kier alpha value is -1.72. The molecule has 0 aliphatic carbocycles. The van der Waals surface area contributed by atoms with E-state index in [0.29, 0.717) is 6.10 Å². The van der Waals surface area contributed by atoms with Crippen LogP contribution in [-0.2, 0) is 11.3 Å². The van der Waals surface area contributed by atoms with Crippen LogP contribution in [0, 0.1) is 0 Å². The van der Waals surface area contributed by atoms with Gasteiger partial charge in [0.1, 0.15) is 0 Å². The molecule has 0 amide bonds. The monoisotopic (exact) mass is 286 g/mol. The molecule has 1 atom stereocenters. The van der Waals surface area contributed by atoms with Gasteiger partial charge in [-0.2, -0.15) is 0 Å². The smallest absolute Gasteiger partial charge is 0.233 e. The molecule has 1 aliphatic rings. The third-order valence-electron chi connectivity index (χ3n) is 3.82. The van der Waals surface area contributed by atoms with E-state index in [1.165, 1.54) is 25.0 Å². The molecule has 0 radical (unpaired) electrons. The van der Waals surface area contributed by atoms with Gasteiger partial charge in [0.25, 0.3) is 0 Å². The average Bonchev–Trinajstić information content (AvgIpc) is 2.97. The predicted molar refractivity (Wildman–Crippen MR) is 81.3 cm³/mol. The van der Waals surface area contributed by atoms with E-state index >= 15 is 0 Å². The van der Waals surface area contributed by atoms with E-state index in [-0.39, 0.29) is 0 Å². The zero-order chi connectivity index (χ0) is 14.5. The number of hydrogen-bond donors (Lipinski definition) is 0. The Kier molecular flexibility index (Phi) is 4.62. The summed E-state index contributed by atoms with van der Waals surface area (Å²) in [7, 11) is 2.14. The lowest BCUT2D eigenvalue weighted by Gasteiger charge is -2.27. The predicted octanol–water partition coefficient (Wildman–Crippen LogP) is 2.27. The van der Waals surface area contributed by atoms with Gasteiger partial charge in [0.2, 0.25) is 5.95 Å². The average molecular weight is 286 g/mol. The third-order valence-corrected chi connectivity index (χ3v) is 3.82. The summed E-state index contributed by atoms with van der Waals surface area (Å²) in [6, 6.07) is 5.99. The summed E-state index contributed by atoms with van der Waals surface area (Å²) in [6.07, 6.45) is 9.58. The van der Waals surface area contributed by atoms with E-state index in [9.17, 15) is 0 Å². The lowest BCUT2D eigenvalue weighted by atomic mass is 10.1. The fourth-order valence-electron chi connectivity index (χ4n) is 2.80. The largest absolute Gasteiger partial charge is 0.377 e. The van der Waals surface area contributed by atoms with Crippen LogP contribution >= 0.6 is 0 Å². The van der Waals surface area contributed by atoms with Crippen LogP contribution in [0.3, 0.4) is 0 Å². The van der Waals surface area contributed by atoms with E-state index in [0.717, 1.165) is 25.6 Å². The zero-order valence-corrected chi connectivity index (χ0v) is 12.5. The van der Waals surface area contributed by atoms with E-state index in [2.05, 4.69) is 28.0 Å². The van der Waals surface area contributed by atoms with Crippen LogP contribution in [0.1, 0.15) is 25.0 Å². The number of nitrogens with zero attached hydrogens (tertiary/aromatic N) is 4. The van der Waals surface area contributed by atoms with Gasteiger partial charge in [0, 0.05) is 44.0 Å². The van der Waals surface area contributed by atoms with Crippen LogP contribution in [0.15, 0.2) is 36.8 Å². The van der Waals surface area contributed by atoms with Crippen LogP contribution in [0.2, 0.25) is 0 Å². The molecule has 0 spiro atoms. The molecule has 5 nitrogen and oxygen atoms in total. The van der Waals surface area contributed by atoms with Crippen molar-refractivity contribution < 1.29 is 4.74 Å². The SMILES string of the molecule is CN(Cc1cccn1-c1ncccn1)C[C@@H]1CCCCO1. The maximum atomic E-state index is 5.81. The Balaban J connectivity index is 1.64. The van der Waals surface area contributed by atoms with Crippen LogP contribution in [0.25, 0.3) is 5.95 Å². The number of aromatic nitrogens is 3. The van der Waals surface area contributed by atoms with Gasteiger partial charge in [-0.25, -0.2) is 9.97 Å². The first-order valence-electron chi connectivity index (χ1n) is 7.57. The van der Waals surface area contributed by atoms with Crippen LogP contribution in [0.4, 0.5) is 0 Å². The van der Waals surface area contributed by atoms with Gasteiger partial charge in [-0.05, 0) is 44.5 Å². The minimum Gasteiger partial charge on any atom is -0.377 e. The van der Waals surface area contributed by atoms with Crippen LogP contribution < -0.4 is 0 Å². The summed E-state index contributed by atoms with van der Waals surface area (Å²) in [5.74, 6) is 0.722. The summed E-state index contributed by atoms with van der Waals surface area (Å²) in [5.41, 5.74) is 1.19. The molecule has 112 valence electrons. The summed E-state index contributed by atoms with van der Waals surface area (Å²) >= 11 is 0. The third kappa shape index (κ3) is 3.68. The minimum atomic E-state index is 0.375. The van der Waals surface area contributed by atoms with Gasteiger partial charge in [-0.1, -0.05) is 0 Å². The van der Waals surface area contributed by atoms with Crippen molar-refractivity contribution in [2.75, 3.05) is 20.2 Å². The quantitative estimate of drug-likeness (QED) is 0.845.